The first-order valence-corrected chi connectivity index (χ1v) is 8.40. The van der Waals surface area contributed by atoms with Crippen molar-refractivity contribution in [2.45, 2.75) is 24.3 Å². The van der Waals surface area contributed by atoms with Gasteiger partial charge in [-0.2, -0.15) is 4.31 Å². The maximum atomic E-state index is 12.6. The van der Waals surface area contributed by atoms with Crippen LogP contribution in [0, 0.1) is 0 Å². The summed E-state index contributed by atoms with van der Waals surface area (Å²) in [7, 11) is -2.48. The molecule has 0 spiro atoms. The second kappa shape index (κ2) is 5.44. The van der Waals surface area contributed by atoms with E-state index in [1.54, 1.807) is 5.38 Å². The zero-order chi connectivity index (χ0) is 15.0. The third-order valence-corrected chi connectivity index (χ3v) is 5.92. The predicted octanol–water partition coefficient (Wildman–Crippen LogP) is 1.33. The van der Waals surface area contributed by atoms with Gasteiger partial charge in [0.05, 0.1) is 19.3 Å². The summed E-state index contributed by atoms with van der Waals surface area (Å²) in [5.41, 5.74) is -0.535. The molecule has 6 nitrogen and oxygen atoms in total. The molecule has 0 aromatic carbocycles. The van der Waals surface area contributed by atoms with Crippen molar-refractivity contribution in [1.29, 1.82) is 0 Å². The number of nitrogens with zero attached hydrogens (tertiary/aromatic N) is 1. The summed E-state index contributed by atoms with van der Waals surface area (Å²) in [5.74, 6) is -0.633. The van der Waals surface area contributed by atoms with Crippen molar-refractivity contribution in [3.63, 3.8) is 0 Å². The molecule has 1 fully saturated rings. The molecule has 0 unspecified atom stereocenters. The summed E-state index contributed by atoms with van der Waals surface area (Å²) >= 11 is 1.06. The molecule has 0 N–H and O–H groups in total. The van der Waals surface area contributed by atoms with Crippen LogP contribution in [0.3, 0.4) is 0 Å². The minimum absolute atomic E-state index is 0.00653. The zero-order valence-electron chi connectivity index (χ0n) is 11.6. The number of hydrogen-bond acceptors (Lipinski definition) is 6. The Morgan fingerprint density at radius 3 is 2.80 bits per heavy atom. The second-order valence-electron chi connectivity index (χ2n) is 5.05. The molecule has 2 rings (SSSR count). The van der Waals surface area contributed by atoms with Crippen molar-refractivity contribution < 1.29 is 22.7 Å². The standard InChI is InChI=1S/C12H17NO5S2/c1-12(2)8-13(5-6-18-12)20(15,16)9-4-7-19-10(9)11(14)17-3/h4,7H,5-6,8H2,1-3H3. The van der Waals surface area contributed by atoms with E-state index in [0.717, 1.165) is 11.3 Å². The van der Waals surface area contributed by atoms with E-state index in [1.165, 1.54) is 17.5 Å². The molecule has 1 aromatic rings. The number of hydrogen-bond donors (Lipinski definition) is 0. The molecule has 20 heavy (non-hydrogen) atoms. The van der Waals surface area contributed by atoms with E-state index in [2.05, 4.69) is 4.74 Å². The SMILES string of the molecule is COC(=O)c1sccc1S(=O)(=O)N1CCOC(C)(C)C1. The van der Waals surface area contributed by atoms with E-state index >= 15 is 0 Å². The number of rotatable bonds is 3. The Kier molecular flexibility index (Phi) is 4.19. The Morgan fingerprint density at radius 1 is 1.50 bits per heavy atom. The molecule has 0 radical (unpaired) electrons. The minimum atomic E-state index is -3.71. The van der Waals surface area contributed by atoms with Crippen molar-refractivity contribution in [3.05, 3.63) is 16.3 Å². The highest BCUT2D eigenvalue weighted by Gasteiger charge is 2.37. The van der Waals surface area contributed by atoms with Crippen LogP contribution in [-0.4, -0.2) is 51.1 Å². The molecule has 1 saturated heterocycles. The fourth-order valence-corrected chi connectivity index (χ4v) is 4.94. The van der Waals surface area contributed by atoms with Crippen LogP contribution in [0.4, 0.5) is 0 Å². The fourth-order valence-electron chi connectivity index (χ4n) is 2.06. The van der Waals surface area contributed by atoms with Gasteiger partial charge in [-0.3, -0.25) is 0 Å². The lowest BCUT2D eigenvalue weighted by molar-refractivity contribution is -0.0640. The Labute approximate surface area is 122 Å². The third kappa shape index (κ3) is 2.88. The lowest BCUT2D eigenvalue weighted by Gasteiger charge is -2.37. The van der Waals surface area contributed by atoms with Gasteiger partial charge in [0.15, 0.2) is 0 Å². The van der Waals surface area contributed by atoms with Gasteiger partial charge in [0.1, 0.15) is 9.77 Å². The van der Waals surface area contributed by atoms with Gasteiger partial charge in [-0.15, -0.1) is 11.3 Å². The number of esters is 1. The number of methoxy groups -OCH3 is 1. The summed E-state index contributed by atoms with van der Waals surface area (Å²) in [6.07, 6.45) is 0. The summed E-state index contributed by atoms with van der Waals surface area (Å²) in [4.78, 5) is 11.7. The highest BCUT2D eigenvalue weighted by molar-refractivity contribution is 7.89. The van der Waals surface area contributed by atoms with Crippen molar-refractivity contribution in [2.24, 2.45) is 0 Å². The summed E-state index contributed by atoms with van der Waals surface area (Å²) in [6, 6.07) is 1.44. The van der Waals surface area contributed by atoms with Gasteiger partial charge in [-0.1, -0.05) is 0 Å². The van der Waals surface area contributed by atoms with Crippen LogP contribution in [0.15, 0.2) is 16.3 Å². The molecule has 1 aliphatic heterocycles. The van der Waals surface area contributed by atoms with Crippen LogP contribution < -0.4 is 0 Å². The summed E-state index contributed by atoms with van der Waals surface area (Å²) in [5, 5.41) is 1.57. The average Bonchev–Trinajstić information content (AvgIpc) is 2.86. The van der Waals surface area contributed by atoms with E-state index in [9.17, 15) is 13.2 Å². The molecule has 1 aromatic heterocycles. The van der Waals surface area contributed by atoms with Crippen LogP contribution in [0.1, 0.15) is 23.5 Å². The Morgan fingerprint density at radius 2 is 2.20 bits per heavy atom. The first kappa shape index (κ1) is 15.4. The van der Waals surface area contributed by atoms with Crippen molar-refractivity contribution in [1.82, 2.24) is 4.31 Å². The average molecular weight is 319 g/mol. The number of carbonyl (C=O) groups is 1. The van der Waals surface area contributed by atoms with Gasteiger partial charge in [-0.05, 0) is 25.3 Å². The molecule has 0 aliphatic carbocycles. The molecule has 2 heterocycles. The fraction of sp³-hybridized carbons (Fsp3) is 0.583. The normalized spacial score (nSPS) is 19.8. The molecule has 0 amide bonds. The first-order valence-electron chi connectivity index (χ1n) is 6.08. The Balaban J connectivity index is 2.36. The highest BCUT2D eigenvalue weighted by atomic mass is 32.2. The van der Waals surface area contributed by atoms with E-state index in [0.29, 0.717) is 6.61 Å². The van der Waals surface area contributed by atoms with Crippen molar-refractivity contribution in [3.8, 4) is 0 Å². The highest BCUT2D eigenvalue weighted by Crippen LogP contribution is 2.28. The Bertz CT molecular complexity index is 605. The smallest absolute Gasteiger partial charge is 0.349 e. The van der Waals surface area contributed by atoms with Crippen LogP contribution in [-0.2, 0) is 19.5 Å². The molecular weight excluding hydrogens is 302 g/mol. The number of carbonyl (C=O) groups excluding carboxylic acids is 1. The summed E-state index contributed by atoms with van der Waals surface area (Å²) in [6.45, 7) is 4.55. The zero-order valence-corrected chi connectivity index (χ0v) is 13.2. The topological polar surface area (TPSA) is 72.9 Å². The largest absolute Gasteiger partial charge is 0.465 e. The minimum Gasteiger partial charge on any atom is -0.465 e. The molecule has 1 aliphatic rings. The van der Waals surface area contributed by atoms with Gasteiger partial charge < -0.3 is 9.47 Å². The number of ether oxygens (including phenoxy) is 2. The number of thiophene rings is 1. The first-order chi connectivity index (χ1) is 9.28. The van der Waals surface area contributed by atoms with Gasteiger partial charge in [0, 0.05) is 13.1 Å². The maximum absolute atomic E-state index is 12.6. The van der Waals surface area contributed by atoms with Crippen molar-refractivity contribution >= 4 is 27.3 Å². The Hall–Kier alpha value is -0.960. The van der Waals surface area contributed by atoms with E-state index in [4.69, 9.17) is 4.74 Å². The molecule has 0 saturated carbocycles. The van der Waals surface area contributed by atoms with E-state index in [1.807, 2.05) is 13.8 Å². The quantitative estimate of drug-likeness (QED) is 0.786. The van der Waals surface area contributed by atoms with Crippen LogP contribution in [0.5, 0.6) is 0 Å². The van der Waals surface area contributed by atoms with Crippen LogP contribution >= 0.6 is 11.3 Å². The third-order valence-electron chi connectivity index (χ3n) is 3.01. The molecule has 0 bridgehead atoms. The molecule has 8 heteroatoms. The lowest BCUT2D eigenvalue weighted by Crippen LogP contribution is -2.50. The number of sulfonamides is 1. The van der Waals surface area contributed by atoms with Crippen LogP contribution in [0.25, 0.3) is 0 Å². The maximum Gasteiger partial charge on any atom is 0.349 e. The molecule has 112 valence electrons. The van der Waals surface area contributed by atoms with Gasteiger partial charge in [-0.25, -0.2) is 13.2 Å². The second-order valence-corrected chi connectivity index (χ2v) is 7.87. The van der Waals surface area contributed by atoms with Gasteiger partial charge >= 0.3 is 5.97 Å². The molecular formula is C12H17NO5S2. The van der Waals surface area contributed by atoms with Crippen LogP contribution in [0.2, 0.25) is 0 Å². The monoisotopic (exact) mass is 319 g/mol. The summed E-state index contributed by atoms with van der Waals surface area (Å²) < 4.78 is 36.8. The van der Waals surface area contributed by atoms with Crippen molar-refractivity contribution in [2.75, 3.05) is 26.8 Å². The van der Waals surface area contributed by atoms with E-state index < -0.39 is 21.6 Å². The predicted molar refractivity (Wildman–Crippen MR) is 74.4 cm³/mol. The number of morpholine rings is 1. The lowest BCUT2D eigenvalue weighted by atomic mass is 10.1. The van der Waals surface area contributed by atoms with Gasteiger partial charge in [0.25, 0.3) is 0 Å². The molecule has 0 atom stereocenters. The van der Waals surface area contributed by atoms with Gasteiger partial charge in [0.2, 0.25) is 10.0 Å². The van der Waals surface area contributed by atoms with E-state index in [-0.39, 0.29) is 22.9 Å².